The van der Waals surface area contributed by atoms with Crippen LogP contribution >= 0.6 is 11.6 Å². The van der Waals surface area contributed by atoms with Crippen molar-refractivity contribution in [3.8, 4) is 0 Å². The van der Waals surface area contributed by atoms with E-state index in [-0.39, 0.29) is 5.54 Å². The highest BCUT2D eigenvalue weighted by molar-refractivity contribution is 7.88. The topological polar surface area (TPSA) is 53.2 Å². The van der Waals surface area contributed by atoms with E-state index in [0.717, 1.165) is 18.4 Å². The zero-order valence-electron chi connectivity index (χ0n) is 13.1. The fourth-order valence-corrected chi connectivity index (χ4v) is 5.40. The molecule has 0 radical (unpaired) electrons. The highest BCUT2D eigenvalue weighted by Crippen LogP contribution is 2.41. The quantitative estimate of drug-likeness (QED) is 0.905. The fraction of sp³-hybridized carbons (Fsp3) is 0.500. The van der Waals surface area contributed by atoms with Crippen molar-refractivity contribution < 1.29 is 8.42 Å². The van der Waals surface area contributed by atoms with Crippen LogP contribution in [0.3, 0.4) is 0 Å². The minimum absolute atomic E-state index is 0.310. The van der Waals surface area contributed by atoms with Crippen molar-refractivity contribution in [3.05, 3.63) is 35.0 Å². The Morgan fingerprint density at radius 3 is 2.73 bits per heavy atom. The average Bonchev–Trinajstić information content (AvgIpc) is 2.82. The number of benzene rings is 1. The molecule has 2 heterocycles. The molecule has 1 N–H and O–H groups in total. The Balaban J connectivity index is 1.99. The first-order chi connectivity index (χ1) is 10.2. The van der Waals surface area contributed by atoms with E-state index in [9.17, 15) is 8.42 Å². The zero-order valence-corrected chi connectivity index (χ0v) is 14.6. The number of hydrogen-bond donors (Lipinski definition) is 1. The Morgan fingerprint density at radius 2 is 2.09 bits per heavy atom. The van der Waals surface area contributed by atoms with Gasteiger partial charge in [-0.3, -0.25) is 0 Å². The molecule has 1 aromatic heterocycles. The van der Waals surface area contributed by atoms with Gasteiger partial charge in [-0.05, 0) is 56.4 Å². The van der Waals surface area contributed by atoms with Crippen LogP contribution in [0.5, 0.6) is 0 Å². The summed E-state index contributed by atoms with van der Waals surface area (Å²) in [5, 5.41) is 1.89. The summed E-state index contributed by atoms with van der Waals surface area (Å²) < 4.78 is 25.6. The molecule has 120 valence electrons. The van der Waals surface area contributed by atoms with Gasteiger partial charge in [0.2, 0.25) is 10.0 Å². The molecule has 22 heavy (non-hydrogen) atoms. The summed E-state index contributed by atoms with van der Waals surface area (Å²) in [7, 11) is -3.18. The molecule has 0 spiro atoms. The Kier molecular flexibility index (Phi) is 3.78. The van der Waals surface area contributed by atoms with Gasteiger partial charge in [0, 0.05) is 34.2 Å². The largest absolute Gasteiger partial charge is 0.361 e. The summed E-state index contributed by atoms with van der Waals surface area (Å²) in [6.45, 7) is 4.55. The Labute approximate surface area is 136 Å². The van der Waals surface area contributed by atoms with Crippen LogP contribution in [0.1, 0.15) is 38.2 Å². The van der Waals surface area contributed by atoms with Crippen molar-refractivity contribution in [1.29, 1.82) is 0 Å². The Hall–Kier alpha value is -1.04. The third-order valence-electron chi connectivity index (χ3n) is 4.61. The lowest BCUT2D eigenvalue weighted by Gasteiger charge is -2.44. The molecule has 1 unspecified atom stereocenters. The van der Waals surface area contributed by atoms with Crippen molar-refractivity contribution in [2.45, 2.75) is 38.1 Å². The van der Waals surface area contributed by atoms with Crippen molar-refractivity contribution in [1.82, 2.24) is 9.29 Å². The van der Waals surface area contributed by atoms with E-state index in [1.54, 1.807) is 4.31 Å². The Bertz CT molecular complexity index is 811. The molecule has 1 aromatic carbocycles. The van der Waals surface area contributed by atoms with Gasteiger partial charge in [0.25, 0.3) is 0 Å². The van der Waals surface area contributed by atoms with Crippen LogP contribution in [0.2, 0.25) is 5.02 Å². The molecule has 1 saturated heterocycles. The lowest BCUT2D eigenvalue weighted by atomic mass is 9.79. The third-order valence-corrected chi connectivity index (χ3v) is 6.30. The predicted octanol–water partition coefficient (Wildman–Crippen LogP) is 3.74. The van der Waals surface area contributed by atoms with Crippen LogP contribution in [0.15, 0.2) is 24.4 Å². The van der Waals surface area contributed by atoms with Crippen LogP contribution in [0.25, 0.3) is 10.9 Å². The number of halogens is 1. The molecule has 1 fully saturated rings. The number of nitrogens with zero attached hydrogens (tertiary/aromatic N) is 1. The zero-order chi connectivity index (χ0) is 16.1. The smallest absolute Gasteiger partial charge is 0.211 e. The second-order valence-corrected chi connectivity index (χ2v) is 9.11. The van der Waals surface area contributed by atoms with Crippen molar-refractivity contribution in [3.63, 3.8) is 0 Å². The fourth-order valence-electron chi connectivity index (χ4n) is 3.76. The first kappa shape index (κ1) is 15.8. The van der Waals surface area contributed by atoms with Crippen molar-refractivity contribution >= 4 is 32.5 Å². The summed E-state index contributed by atoms with van der Waals surface area (Å²) in [6.07, 6.45) is 4.82. The molecule has 0 amide bonds. The van der Waals surface area contributed by atoms with Gasteiger partial charge >= 0.3 is 0 Å². The normalized spacial score (nSPS) is 23.0. The number of aromatic amines is 1. The van der Waals surface area contributed by atoms with Crippen LogP contribution in [-0.4, -0.2) is 36.0 Å². The van der Waals surface area contributed by atoms with Gasteiger partial charge in [-0.15, -0.1) is 0 Å². The molecule has 1 aliphatic rings. The second kappa shape index (κ2) is 5.25. The van der Waals surface area contributed by atoms with Gasteiger partial charge in [-0.2, -0.15) is 4.31 Å². The molecule has 0 aliphatic carbocycles. The van der Waals surface area contributed by atoms with E-state index in [1.807, 2.05) is 32.2 Å². The minimum Gasteiger partial charge on any atom is -0.361 e. The van der Waals surface area contributed by atoms with E-state index in [1.165, 1.54) is 17.2 Å². The predicted molar refractivity (Wildman–Crippen MR) is 90.9 cm³/mol. The lowest BCUT2D eigenvalue weighted by Crippen LogP contribution is -2.51. The van der Waals surface area contributed by atoms with Crippen LogP contribution in [0.4, 0.5) is 0 Å². The van der Waals surface area contributed by atoms with E-state index in [2.05, 4.69) is 11.1 Å². The maximum Gasteiger partial charge on any atom is 0.211 e. The Morgan fingerprint density at radius 1 is 1.36 bits per heavy atom. The minimum atomic E-state index is -3.18. The summed E-state index contributed by atoms with van der Waals surface area (Å²) >= 11 is 6.25. The number of sulfonamides is 1. The standard InChI is InChI=1S/C16H21ClN2O2S/c1-16(2)10-11(5-7-19(16)22(3,20)21)14-8-12(17)9-15-13(14)4-6-18-15/h4,6,8-9,11,18H,5,7,10H2,1-3H3. The SMILES string of the molecule is CC1(C)CC(c2cc(Cl)cc3[nH]ccc23)CCN1S(C)(=O)=O. The van der Waals surface area contributed by atoms with E-state index < -0.39 is 10.0 Å². The van der Waals surface area contributed by atoms with Gasteiger partial charge < -0.3 is 4.98 Å². The van der Waals surface area contributed by atoms with E-state index in [0.29, 0.717) is 17.5 Å². The number of piperidine rings is 1. The molecule has 2 aromatic rings. The van der Waals surface area contributed by atoms with Crippen LogP contribution in [-0.2, 0) is 10.0 Å². The number of aromatic nitrogens is 1. The first-order valence-corrected chi connectivity index (χ1v) is 9.65. The molecule has 0 saturated carbocycles. The molecular weight excluding hydrogens is 320 g/mol. The summed E-state index contributed by atoms with van der Waals surface area (Å²) in [6, 6.07) is 6.02. The molecular formula is C16H21ClN2O2S. The van der Waals surface area contributed by atoms with Gasteiger partial charge in [0.1, 0.15) is 0 Å². The molecule has 6 heteroatoms. The number of H-pyrrole nitrogens is 1. The van der Waals surface area contributed by atoms with E-state index in [4.69, 9.17) is 11.6 Å². The molecule has 1 atom stereocenters. The van der Waals surface area contributed by atoms with Gasteiger partial charge in [0.05, 0.1) is 6.26 Å². The molecule has 0 bridgehead atoms. The lowest BCUT2D eigenvalue weighted by molar-refractivity contribution is 0.154. The number of nitrogens with one attached hydrogen (secondary N) is 1. The molecule has 3 rings (SSSR count). The first-order valence-electron chi connectivity index (χ1n) is 7.43. The van der Waals surface area contributed by atoms with Gasteiger partial charge in [0.15, 0.2) is 0 Å². The van der Waals surface area contributed by atoms with Crippen LogP contribution < -0.4 is 0 Å². The highest BCUT2D eigenvalue weighted by Gasteiger charge is 2.40. The summed E-state index contributed by atoms with van der Waals surface area (Å²) in [5.41, 5.74) is 1.86. The van der Waals surface area contributed by atoms with E-state index >= 15 is 0 Å². The highest BCUT2D eigenvalue weighted by atomic mass is 35.5. The maximum atomic E-state index is 12.0. The third kappa shape index (κ3) is 2.77. The summed E-state index contributed by atoms with van der Waals surface area (Å²) in [4.78, 5) is 3.20. The summed E-state index contributed by atoms with van der Waals surface area (Å²) in [5.74, 6) is 0.310. The van der Waals surface area contributed by atoms with Crippen LogP contribution in [0, 0.1) is 0 Å². The van der Waals surface area contributed by atoms with Crippen molar-refractivity contribution in [2.75, 3.05) is 12.8 Å². The maximum absolute atomic E-state index is 12.0. The molecule has 4 nitrogen and oxygen atoms in total. The molecule has 1 aliphatic heterocycles. The second-order valence-electron chi connectivity index (χ2n) is 6.77. The number of hydrogen-bond acceptors (Lipinski definition) is 2. The average molecular weight is 341 g/mol. The number of rotatable bonds is 2. The number of fused-ring (bicyclic) bond motifs is 1. The van der Waals surface area contributed by atoms with Crippen molar-refractivity contribution in [2.24, 2.45) is 0 Å². The monoisotopic (exact) mass is 340 g/mol. The van der Waals surface area contributed by atoms with Gasteiger partial charge in [-0.1, -0.05) is 11.6 Å². The van der Waals surface area contributed by atoms with Gasteiger partial charge in [-0.25, -0.2) is 8.42 Å².